The fourth-order valence-corrected chi connectivity index (χ4v) is 3.70. The maximum absolute atomic E-state index is 5.71. The van der Waals surface area contributed by atoms with Crippen LogP contribution in [0.1, 0.15) is 31.1 Å². The summed E-state index contributed by atoms with van der Waals surface area (Å²) in [7, 11) is 0. The van der Waals surface area contributed by atoms with Crippen molar-refractivity contribution in [1.29, 1.82) is 0 Å². The van der Waals surface area contributed by atoms with Gasteiger partial charge in [0.05, 0.1) is 0 Å². The summed E-state index contributed by atoms with van der Waals surface area (Å²) in [6.07, 6.45) is 5.01. The smallest absolute Gasteiger partial charge is 0.230 e. The zero-order valence-electron chi connectivity index (χ0n) is 14.3. The van der Waals surface area contributed by atoms with Gasteiger partial charge in [0.25, 0.3) is 0 Å². The molecule has 1 spiro atoms. The first-order valence-corrected chi connectivity index (χ1v) is 8.93. The lowest BCUT2D eigenvalue weighted by Gasteiger charge is -2.21. The predicted octanol–water partition coefficient (Wildman–Crippen LogP) is 4.21. The molecular weight excluding hydrogens is 330 g/mol. The van der Waals surface area contributed by atoms with Gasteiger partial charge in [-0.1, -0.05) is 23.4 Å². The van der Waals surface area contributed by atoms with Crippen molar-refractivity contribution < 1.29 is 14.0 Å². The number of aromatic nitrogens is 3. The summed E-state index contributed by atoms with van der Waals surface area (Å²) in [4.78, 5) is 8.95. The van der Waals surface area contributed by atoms with Gasteiger partial charge in [0, 0.05) is 37.0 Å². The van der Waals surface area contributed by atoms with E-state index in [1.54, 1.807) is 6.20 Å². The molecule has 1 aliphatic heterocycles. The van der Waals surface area contributed by atoms with Crippen molar-refractivity contribution in [3.63, 3.8) is 0 Å². The minimum atomic E-state index is 0.327. The lowest BCUT2D eigenvalue weighted by molar-refractivity contribution is 0.0544. The van der Waals surface area contributed by atoms with Crippen molar-refractivity contribution in [3.05, 3.63) is 54.6 Å². The van der Waals surface area contributed by atoms with E-state index in [0.717, 1.165) is 49.7 Å². The third-order valence-electron chi connectivity index (χ3n) is 5.38. The van der Waals surface area contributed by atoms with Gasteiger partial charge in [-0.15, -0.1) is 0 Å². The lowest BCUT2D eigenvalue weighted by atomic mass is 9.94. The molecule has 1 saturated carbocycles. The molecule has 3 aromatic rings. The Hall–Kier alpha value is -2.73. The number of benzene rings is 1. The molecular formula is C20H19N3O3. The number of ether oxygens (including phenoxy) is 2. The highest BCUT2D eigenvalue weighted by atomic mass is 16.5. The molecule has 3 heterocycles. The van der Waals surface area contributed by atoms with Gasteiger partial charge in [-0.2, -0.15) is 4.98 Å². The summed E-state index contributed by atoms with van der Waals surface area (Å²) in [5.74, 6) is 2.98. The molecule has 26 heavy (non-hydrogen) atoms. The molecule has 1 aromatic carbocycles. The average Bonchev–Trinajstić information content (AvgIpc) is 3.15. The van der Waals surface area contributed by atoms with E-state index in [1.807, 2.05) is 42.5 Å². The quantitative estimate of drug-likeness (QED) is 0.703. The first-order valence-electron chi connectivity index (χ1n) is 8.93. The first-order chi connectivity index (χ1) is 12.8. The van der Waals surface area contributed by atoms with Crippen LogP contribution >= 0.6 is 0 Å². The van der Waals surface area contributed by atoms with E-state index in [2.05, 4.69) is 15.1 Å². The van der Waals surface area contributed by atoms with Crippen LogP contribution in [-0.2, 0) is 4.74 Å². The third-order valence-corrected chi connectivity index (χ3v) is 5.38. The van der Waals surface area contributed by atoms with E-state index in [4.69, 9.17) is 14.0 Å². The van der Waals surface area contributed by atoms with Crippen molar-refractivity contribution in [2.75, 3.05) is 13.2 Å². The van der Waals surface area contributed by atoms with Crippen molar-refractivity contribution in [2.24, 2.45) is 5.41 Å². The van der Waals surface area contributed by atoms with Crippen molar-refractivity contribution >= 4 is 0 Å². The Labute approximate surface area is 151 Å². The summed E-state index contributed by atoms with van der Waals surface area (Å²) < 4.78 is 16.7. The SMILES string of the molecule is c1ccc(Oc2ccc(-c3noc([C@H]4CC45CCOCC5)n3)cn2)cc1. The summed E-state index contributed by atoms with van der Waals surface area (Å²) in [5.41, 5.74) is 1.15. The molecule has 0 unspecified atom stereocenters. The van der Waals surface area contributed by atoms with Crippen LogP contribution in [0.25, 0.3) is 11.4 Å². The number of pyridine rings is 1. The summed E-state index contributed by atoms with van der Waals surface area (Å²) in [5, 5.41) is 4.14. The molecule has 5 rings (SSSR count). The van der Waals surface area contributed by atoms with E-state index < -0.39 is 0 Å². The molecule has 2 aliphatic rings. The maximum Gasteiger partial charge on any atom is 0.230 e. The second kappa shape index (κ2) is 6.21. The minimum Gasteiger partial charge on any atom is -0.439 e. The minimum absolute atomic E-state index is 0.327. The first kappa shape index (κ1) is 15.5. The van der Waals surface area contributed by atoms with E-state index >= 15 is 0 Å². The monoisotopic (exact) mass is 349 g/mol. The van der Waals surface area contributed by atoms with Crippen LogP contribution in [0, 0.1) is 5.41 Å². The standard InChI is InChI=1S/C20H19N3O3/c1-2-4-15(5-3-1)25-17-7-6-14(13-21-17)18-22-19(26-23-18)16-12-20(16)8-10-24-11-9-20/h1-7,13,16H,8-12H2/t16-/m1/s1. The molecule has 0 radical (unpaired) electrons. The number of hydrogen-bond donors (Lipinski definition) is 0. The summed E-state index contributed by atoms with van der Waals surface area (Å²) in [6, 6.07) is 13.3. The molecule has 1 atom stereocenters. The normalized spacial score (nSPS) is 20.8. The van der Waals surface area contributed by atoms with Gasteiger partial charge in [0.2, 0.25) is 17.6 Å². The Kier molecular flexibility index (Phi) is 3.71. The molecule has 132 valence electrons. The number of nitrogens with zero attached hydrogens (tertiary/aromatic N) is 3. The predicted molar refractivity (Wildman–Crippen MR) is 93.9 cm³/mol. The van der Waals surface area contributed by atoms with E-state index in [9.17, 15) is 0 Å². The Morgan fingerprint density at radius 3 is 2.65 bits per heavy atom. The molecule has 6 heteroatoms. The van der Waals surface area contributed by atoms with Crippen LogP contribution in [0.2, 0.25) is 0 Å². The molecule has 1 aliphatic carbocycles. The highest BCUT2D eigenvalue weighted by Crippen LogP contribution is 2.64. The van der Waals surface area contributed by atoms with Crippen LogP contribution in [0.3, 0.4) is 0 Å². The summed E-state index contributed by atoms with van der Waals surface area (Å²) in [6.45, 7) is 1.68. The molecule has 1 saturated heterocycles. The zero-order chi connectivity index (χ0) is 17.4. The van der Waals surface area contributed by atoms with Gasteiger partial charge < -0.3 is 14.0 Å². The molecule has 0 N–H and O–H groups in total. The molecule has 0 bridgehead atoms. The van der Waals surface area contributed by atoms with Gasteiger partial charge in [0.15, 0.2) is 0 Å². The zero-order valence-corrected chi connectivity index (χ0v) is 14.3. The third kappa shape index (κ3) is 2.86. The van der Waals surface area contributed by atoms with Crippen LogP contribution in [0.5, 0.6) is 11.6 Å². The van der Waals surface area contributed by atoms with Crippen molar-refractivity contribution in [3.8, 4) is 23.0 Å². The van der Waals surface area contributed by atoms with Crippen LogP contribution in [-0.4, -0.2) is 28.3 Å². The molecule has 2 fully saturated rings. The van der Waals surface area contributed by atoms with Gasteiger partial charge in [0.1, 0.15) is 5.75 Å². The highest BCUT2D eigenvalue weighted by Gasteiger charge is 2.57. The molecule has 6 nitrogen and oxygen atoms in total. The van der Waals surface area contributed by atoms with E-state index in [-0.39, 0.29) is 0 Å². The molecule has 2 aromatic heterocycles. The fraction of sp³-hybridized carbons (Fsp3) is 0.350. The van der Waals surface area contributed by atoms with Gasteiger partial charge in [-0.3, -0.25) is 0 Å². The second-order valence-electron chi connectivity index (χ2n) is 6.99. The van der Waals surface area contributed by atoms with Crippen LogP contribution < -0.4 is 4.74 Å². The van der Waals surface area contributed by atoms with E-state index in [1.165, 1.54) is 0 Å². The topological polar surface area (TPSA) is 70.3 Å². The second-order valence-corrected chi connectivity index (χ2v) is 6.99. The highest BCUT2D eigenvalue weighted by molar-refractivity contribution is 5.53. The number of hydrogen-bond acceptors (Lipinski definition) is 6. The Bertz CT molecular complexity index is 886. The molecule has 0 amide bonds. The largest absolute Gasteiger partial charge is 0.439 e. The number of para-hydroxylation sites is 1. The summed E-state index contributed by atoms with van der Waals surface area (Å²) >= 11 is 0. The van der Waals surface area contributed by atoms with Crippen LogP contribution in [0.4, 0.5) is 0 Å². The number of rotatable bonds is 4. The fourth-order valence-electron chi connectivity index (χ4n) is 3.70. The van der Waals surface area contributed by atoms with Crippen molar-refractivity contribution in [1.82, 2.24) is 15.1 Å². The lowest BCUT2D eigenvalue weighted by Crippen LogP contribution is -2.18. The Morgan fingerprint density at radius 1 is 1.04 bits per heavy atom. The van der Waals surface area contributed by atoms with Crippen LogP contribution in [0.15, 0.2) is 53.2 Å². The maximum atomic E-state index is 5.71. The van der Waals surface area contributed by atoms with Gasteiger partial charge in [-0.05, 0) is 42.9 Å². The Morgan fingerprint density at radius 2 is 1.88 bits per heavy atom. The van der Waals surface area contributed by atoms with Crippen molar-refractivity contribution in [2.45, 2.75) is 25.2 Å². The van der Waals surface area contributed by atoms with Gasteiger partial charge >= 0.3 is 0 Å². The Balaban J connectivity index is 1.29. The average molecular weight is 349 g/mol. The van der Waals surface area contributed by atoms with Gasteiger partial charge in [-0.25, -0.2) is 4.98 Å². The van der Waals surface area contributed by atoms with E-state index in [0.29, 0.717) is 23.0 Å².